The van der Waals surface area contributed by atoms with Gasteiger partial charge in [-0.3, -0.25) is 4.99 Å². The molecule has 0 aliphatic rings. The van der Waals surface area contributed by atoms with E-state index in [1.807, 2.05) is 19.9 Å². The van der Waals surface area contributed by atoms with Crippen molar-refractivity contribution in [2.45, 2.75) is 33.1 Å². The number of hydrogen-bond acceptors (Lipinski definition) is 1. The summed E-state index contributed by atoms with van der Waals surface area (Å²) >= 11 is 0. The molecule has 4 heteroatoms. The molecule has 3 nitrogen and oxygen atoms in total. The summed E-state index contributed by atoms with van der Waals surface area (Å²) in [6, 6.07) is 6.80. The summed E-state index contributed by atoms with van der Waals surface area (Å²) in [6.07, 6.45) is 0. The largest absolute Gasteiger partial charge is 0.370 e. The summed E-state index contributed by atoms with van der Waals surface area (Å²) < 4.78 is 13.8. The SMILES string of the molecule is CC(C)CNC(N)=NCC(C)(C)c1ccccc1F. The lowest BCUT2D eigenvalue weighted by Gasteiger charge is -2.24. The standard InChI is InChI=1S/C15H24FN3/c1-11(2)9-18-14(17)19-10-15(3,4)12-7-5-6-8-13(12)16/h5-8,11H,9-10H2,1-4H3,(H3,17,18,19). The lowest BCUT2D eigenvalue weighted by molar-refractivity contribution is 0.492. The molecule has 0 radical (unpaired) electrons. The van der Waals surface area contributed by atoms with Crippen molar-refractivity contribution in [2.75, 3.05) is 13.1 Å². The molecule has 0 aliphatic heterocycles. The highest BCUT2D eigenvalue weighted by Crippen LogP contribution is 2.25. The lowest BCUT2D eigenvalue weighted by Crippen LogP contribution is -2.36. The Hall–Kier alpha value is -1.58. The van der Waals surface area contributed by atoms with Crippen molar-refractivity contribution in [3.8, 4) is 0 Å². The third kappa shape index (κ3) is 4.89. The van der Waals surface area contributed by atoms with Crippen LogP contribution in [-0.2, 0) is 5.41 Å². The van der Waals surface area contributed by atoms with Gasteiger partial charge in [0.2, 0.25) is 0 Å². The smallest absolute Gasteiger partial charge is 0.188 e. The van der Waals surface area contributed by atoms with Gasteiger partial charge in [0.25, 0.3) is 0 Å². The monoisotopic (exact) mass is 265 g/mol. The van der Waals surface area contributed by atoms with Crippen molar-refractivity contribution in [3.63, 3.8) is 0 Å². The van der Waals surface area contributed by atoms with E-state index in [1.54, 1.807) is 12.1 Å². The van der Waals surface area contributed by atoms with E-state index in [4.69, 9.17) is 5.73 Å². The minimum absolute atomic E-state index is 0.198. The quantitative estimate of drug-likeness (QED) is 0.635. The second-order valence-corrected chi connectivity index (χ2v) is 5.84. The Morgan fingerprint density at radius 2 is 2.00 bits per heavy atom. The van der Waals surface area contributed by atoms with Crippen molar-refractivity contribution in [2.24, 2.45) is 16.6 Å². The Balaban J connectivity index is 2.70. The molecule has 1 aromatic rings. The van der Waals surface area contributed by atoms with Crippen molar-refractivity contribution < 1.29 is 4.39 Å². The molecule has 0 saturated heterocycles. The molecule has 0 heterocycles. The molecule has 0 saturated carbocycles. The van der Waals surface area contributed by atoms with E-state index < -0.39 is 0 Å². The normalized spacial score (nSPS) is 12.8. The summed E-state index contributed by atoms with van der Waals surface area (Å²) in [7, 11) is 0. The maximum Gasteiger partial charge on any atom is 0.188 e. The van der Waals surface area contributed by atoms with Crippen LogP contribution in [0.4, 0.5) is 4.39 Å². The van der Waals surface area contributed by atoms with Gasteiger partial charge in [-0.25, -0.2) is 4.39 Å². The molecule has 0 fully saturated rings. The molecule has 106 valence electrons. The first-order valence-electron chi connectivity index (χ1n) is 6.61. The predicted molar refractivity (Wildman–Crippen MR) is 78.8 cm³/mol. The van der Waals surface area contributed by atoms with E-state index in [1.165, 1.54) is 6.07 Å². The van der Waals surface area contributed by atoms with E-state index in [2.05, 4.69) is 24.2 Å². The summed E-state index contributed by atoms with van der Waals surface area (Å²) in [5.74, 6) is 0.725. The first-order chi connectivity index (χ1) is 8.83. The lowest BCUT2D eigenvalue weighted by atomic mass is 9.84. The zero-order valence-electron chi connectivity index (χ0n) is 12.2. The number of nitrogens with one attached hydrogen (secondary N) is 1. The van der Waals surface area contributed by atoms with Crippen LogP contribution in [0, 0.1) is 11.7 Å². The molecule has 0 aliphatic carbocycles. The van der Waals surface area contributed by atoms with Crippen molar-refractivity contribution >= 4 is 5.96 Å². The van der Waals surface area contributed by atoms with Gasteiger partial charge in [0, 0.05) is 12.0 Å². The fraction of sp³-hybridized carbons (Fsp3) is 0.533. The van der Waals surface area contributed by atoms with E-state index in [-0.39, 0.29) is 11.2 Å². The maximum atomic E-state index is 13.8. The number of rotatable bonds is 5. The second kappa shape index (κ2) is 6.55. The van der Waals surface area contributed by atoms with E-state index in [9.17, 15) is 4.39 Å². The number of halogens is 1. The fourth-order valence-electron chi connectivity index (χ4n) is 1.74. The fourth-order valence-corrected chi connectivity index (χ4v) is 1.74. The number of hydrogen-bond donors (Lipinski definition) is 2. The Bertz CT molecular complexity index is 439. The van der Waals surface area contributed by atoms with Gasteiger partial charge in [-0.05, 0) is 17.5 Å². The van der Waals surface area contributed by atoms with Gasteiger partial charge in [-0.1, -0.05) is 45.9 Å². The molecule has 0 spiro atoms. The molecule has 3 N–H and O–H groups in total. The van der Waals surface area contributed by atoms with Crippen LogP contribution in [0.25, 0.3) is 0 Å². The molecule has 1 aromatic carbocycles. The topological polar surface area (TPSA) is 50.4 Å². The third-order valence-corrected chi connectivity index (χ3v) is 2.94. The third-order valence-electron chi connectivity index (χ3n) is 2.94. The van der Waals surface area contributed by atoms with Gasteiger partial charge in [0.1, 0.15) is 5.82 Å². The molecule has 0 aromatic heterocycles. The molecule has 0 atom stereocenters. The van der Waals surface area contributed by atoms with Crippen LogP contribution >= 0.6 is 0 Å². The zero-order chi connectivity index (χ0) is 14.5. The van der Waals surface area contributed by atoms with Gasteiger partial charge in [-0.15, -0.1) is 0 Å². The summed E-state index contributed by atoms with van der Waals surface area (Å²) in [5, 5.41) is 3.05. The summed E-state index contributed by atoms with van der Waals surface area (Å²) in [5.41, 5.74) is 6.07. The molecular formula is C15H24FN3. The van der Waals surface area contributed by atoms with Crippen LogP contribution in [-0.4, -0.2) is 19.0 Å². The first-order valence-corrected chi connectivity index (χ1v) is 6.61. The zero-order valence-corrected chi connectivity index (χ0v) is 12.2. The number of nitrogens with two attached hydrogens (primary N) is 1. The summed E-state index contributed by atoms with van der Waals surface area (Å²) in [4.78, 5) is 4.30. The minimum Gasteiger partial charge on any atom is -0.370 e. The number of benzene rings is 1. The van der Waals surface area contributed by atoms with Crippen LogP contribution in [0.2, 0.25) is 0 Å². The van der Waals surface area contributed by atoms with Gasteiger partial charge < -0.3 is 11.1 Å². The van der Waals surface area contributed by atoms with Crippen LogP contribution in [0.15, 0.2) is 29.3 Å². The minimum atomic E-state index is -0.379. The Morgan fingerprint density at radius 3 is 2.58 bits per heavy atom. The molecule has 0 bridgehead atoms. The number of aliphatic imine (C=N–C) groups is 1. The Morgan fingerprint density at radius 1 is 1.37 bits per heavy atom. The maximum absolute atomic E-state index is 13.8. The van der Waals surface area contributed by atoms with Crippen LogP contribution in [0.3, 0.4) is 0 Å². The van der Waals surface area contributed by atoms with Gasteiger partial charge in [0.15, 0.2) is 5.96 Å². The Kier molecular flexibility index (Phi) is 5.33. The molecule has 19 heavy (non-hydrogen) atoms. The molecule has 0 amide bonds. The number of nitrogens with zero attached hydrogens (tertiary/aromatic N) is 1. The van der Waals surface area contributed by atoms with E-state index >= 15 is 0 Å². The molecule has 0 unspecified atom stereocenters. The average Bonchev–Trinajstić information content (AvgIpc) is 2.34. The predicted octanol–water partition coefficient (Wildman–Crippen LogP) is 2.66. The van der Waals surface area contributed by atoms with Gasteiger partial charge in [0.05, 0.1) is 6.54 Å². The van der Waals surface area contributed by atoms with Crippen LogP contribution < -0.4 is 11.1 Å². The molecular weight excluding hydrogens is 241 g/mol. The van der Waals surface area contributed by atoms with Crippen molar-refractivity contribution in [1.29, 1.82) is 0 Å². The van der Waals surface area contributed by atoms with Gasteiger partial charge >= 0.3 is 0 Å². The van der Waals surface area contributed by atoms with E-state index in [0.717, 1.165) is 6.54 Å². The van der Waals surface area contributed by atoms with Crippen LogP contribution in [0.1, 0.15) is 33.3 Å². The second-order valence-electron chi connectivity index (χ2n) is 5.84. The van der Waals surface area contributed by atoms with Crippen molar-refractivity contribution in [1.82, 2.24) is 5.32 Å². The van der Waals surface area contributed by atoms with Crippen molar-refractivity contribution in [3.05, 3.63) is 35.6 Å². The highest BCUT2D eigenvalue weighted by Gasteiger charge is 2.23. The first kappa shape index (κ1) is 15.5. The van der Waals surface area contributed by atoms with E-state index in [0.29, 0.717) is 24.0 Å². The average molecular weight is 265 g/mol. The van der Waals surface area contributed by atoms with Crippen LogP contribution in [0.5, 0.6) is 0 Å². The summed E-state index contributed by atoms with van der Waals surface area (Å²) in [6.45, 7) is 9.36. The Labute approximate surface area is 115 Å². The number of guanidine groups is 1. The van der Waals surface area contributed by atoms with Gasteiger partial charge in [-0.2, -0.15) is 0 Å². The molecule has 1 rings (SSSR count). The highest BCUT2D eigenvalue weighted by molar-refractivity contribution is 5.77. The highest BCUT2D eigenvalue weighted by atomic mass is 19.1.